The van der Waals surface area contributed by atoms with E-state index >= 15 is 0 Å². The van der Waals surface area contributed by atoms with Crippen LogP contribution in [0.2, 0.25) is 5.02 Å². The first-order valence-electron chi connectivity index (χ1n) is 8.03. The normalized spacial score (nSPS) is 19.7. The van der Waals surface area contributed by atoms with E-state index < -0.39 is 0 Å². The average Bonchev–Trinajstić information content (AvgIpc) is 3.30. The molecule has 116 valence electrons. The Hall–Kier alpha value is -0.770. The Morgan fingerprint density at radius 3 is 2.71 bits per heavy atom. The van der Waals surface area contributed by atoms with Gasteiger partial charge in [-0.1, -0.05) is 23.7 Å². The molecule has 0 radical (unpaired) electrons. The summed E-state index contributed by atoms with van der Waals surface area (Å²) in [5, 5.41) is 4.45. The van der Waals surface area contributed by atoms with Crippen molar-refractivity contribution in [3.8, 4) is 0 Å². The maximum absolute atomic E-state index is 6.48. The summed E-state index contributed by atoms with van der Waals surface area (Å²) in [6.45, 7) is 3.77. The van der Waals surface area contributed by atoms with Crippen LogP contribution in [0.25, 0.3) is 0 Å². The SMILES string of the molecule is CN(CC1CCOCC1)c1c(Cl)cccc1CNC1CC1. The number of ether oxygens (including phenoxy) is 1. The molecule has 1 aromatic carbocycles. The molecule has 2 aliphatic rings. The van der Waals surface area contributed by atoms with E-state index in [1.54, 1.807) is 0 Å². The zero-order chi connectivity index (χ0) is 14.7. The highest BCUT2D eigenvalue weighted by Crippen LogP contribution is 2.31. The molecule has 0 bridgehead atoms. The lowest BCUT2D eigenvalue weighted by molar-refractivity contribution is 0.0685. The van der Waals surface area contributed by atoms with Gasteiger partial charge in [0.2, 0.25) is 0 Å². The quantitative estimate of drug-likeness (QED) is 0.871. The van der Waals surface area contributed by atoms with Crippen molar-refractivity contribution in [1.29, 1.82) is 0 Å². The molecule has 0 aromatic heterocycles. The van der Waals surface area contributed by atoms with Gasteiger partial charge < -0.3 is 15.0 Å². The van der Waals surface area contributed by atoms with E-state index in [0.717, 1.165) is 50.2 Å². The summed E-state index contributed by atoms with van der Waals surface area (Å²) < 4.78 is 5.45. The molecule has 1 aromatic rings. The summed E-state index contributed by atoms with van der Waals surface area (Å²) in [4.78, 5) is 2.34. The molecule has 3 nitrogen and oxygen atoms in total. The van der Waals surface area contributed by atoms with E-state index in [1.807, 2.05) is 6.07 Å². The number of rotatable bonds is 6. The van der Waals surface area contributed by atoms with E-state index in [9.17, 15) is 0 Å². The largest absolute Gasteiger partial charge is 0.381 e. The molecule has 21 heavy (non-hydrogen) atoms. The molecule has 0 amide bonds. The van der Waals surface area contributed by atoms with Crippen molar-refractivity contribution in [2.45, 2.75) is 38.3 Å². The summed E-state index contributed by atoms with van der Waals surface area (Å²) in [7, 11) is 2.16. The van der Waals surface area contributed by atoms with Gasteiger partial charge in [0.1, 0.15) is 0 Å². The molecule has 1 N–H and O–H groups in total. The molecule has 1 heterocycles. The van der Waals surface area contributed by atoms with Crippen molar-refractivity contribution < 1.29 is 4.74 Å². The fourth-order valence-corrected chi connectivity index (χ4v) is 3.42. The van der Waals surface area contributed by atoms with E-state index in [-0.39, 0.29) is 0 Å². The predicted octanol–water partition coefficient (Wildman–Crippen LogP) is 3.45. The van der Waals surface area contributed by atoms with E-state index in [4.69, 9.17) is 16.3 Å². The van der Waals surface area contributed by atoms with Gasteiger partial charge >= 0.3 is 0 Å². The zero-order valence-electron chi connectivity index (χ0n) is 12.8. The molecule has 0 spiro atoms. The van der Waals surface area contributed by atoms with Crippen LogP contribution in [0.4, 0.5) is 5.69 Å². The predicted molar refractivity (Wildman–Crippen MR) is 88.1 cm³/mol. The number of para-hydroxylation sites is 1. The van der Waals surface area contributed by atoms with Gasteiger partial charge in [0, 0.05) is 39.4 Å². The number of nitrogens with zero attached hydrogens (tertiary/aromatic N) is 1. The third-order valence-electron chi connectivity index (χ3n) is 4.48. The average molecular weight is 309 g/mol. The number of benzene rings is 1. The first-order valence-corrected chi connectivity index (χ1v) is 8.41. The van der Waals surface area contributed by atoms with Gasteiger partial charge in [0.25, 0.3) is 0 Å². The van der Waals surface area contributed by atoms with Crippen LogP contribution in [0.15, 0.2) is 18.2 Å². The minimum Gasteiger partial charge on any atom is -0.381 e. The Morgan fingerprint density at radius 2 is 2.00 bits per heavy atom. The highest BCUT2D eigenvalue weighted by Gasteiger charge is 2.22. The van der Waals surface area contributed by atoms with E-state index in [2.05, 4.69) is 29.4 Å². The lowest BCUT2D eigenvalue weighted by Gasteiger charge is -2.30. The summed E-state index contributed by atoms with van der Waals surface area (Å²) >= 11 is 6.48. The lowest BCUT2D eigenvalue weighted by Crippen LogP contribution is -2.30. The van der Waals surface area contributed by atoms with Gasteiger partial charge in [-0.05, 0) is 43.2 Å². The van der Waals surface area contributed by atoms with Crippen molar-refractivity contribution >= 4 is 17.3 Å². The maximum Gasteiger partial charge on any atom is 0.0642 e. The molecule has 1 aliphatic heterocycles. The first-order chi connectivity index (χ1) is 10.2. The number of halogens is 1. The van der Waals surface area contributed by atoms with Gasteiger partial charge in [-0.2, -0.15) is 0 Å². The Kier molecular flexibility index (Phi) is 5.04. The second-order valence-corrected chi connectivity index (χ2v) is 6.75. The molecule has 2 fully saturated rings. The van der Waals surface area contributed by atoms with Crippen LogP contribution in [-0.4, -0.2) is 32.8 Å². The maximum atomic E-state index is 6.48. The zero-order valence-corrected chi connectivity index (χ0v) is 13.5. The topological polar surface area (TPSA) is 24.5 Å². The highest BCUT2D eigenvalue weighted by atomic mass is 35.5. The summed E-state index contributed by atoms with van der Waals surface area (Å²) in [5.41, 5.74) is 2.50. The van der Waals surface area contributed by atoms with Crippen molar-refractivity contribution in [1.82, 2.24) is 5.32 Å². The van der Waals surface area contributed by atoms with Gasteiger partial charge in [0.05, 0.1) is 10.7 Å². The van der Waals surface area contributed by atoms with Gasteiger partial charge in [-0.3, -0.25) is 0 Å². The Morgan fingerprint density at radius 1 is 1.24 bits per heavy atom. The molecule has 0 atom stereocenters. The number of hydrogen-bond donors (Lipinski definition) is 1. The van der Waals surface area contributed by atoms with Crippen LogP contribution in [0.1, 0.15) is 31.2 Å². The monoisotopic (exact) mass is 308 g/mol. The molecular weight excluding hydrogens is 284 g/mol. The van der Waals surface area contributed by atoms with Gasteiger partial charge in [-0.15, -0.1) is 0 Å². The highest BCUT2D eigenvalue weighted by molar-refractivity contribution is 6.33. The third-order valence-corrected chi connectivity index (χ3v) is 4.79. The van der Waals surface area contributed by atoms with Crippen LogP contribution in [0, 0.1) is 5.92 Å². The molecule has 3 rings (SSSR count). The second kappa shape index (κ2) is 6.99. The van der Waals surface area contributed by atoms with Crippen LogP contribution in [0.5, 0.6) is 0 Å². The molecule has 1 saturated heterocycles. The lowest BCUT2D eigenvalue weighted by atomic mass is 9.99. The Bertz CT molecular complexity index is 470. The fraction of sp³-hybridized carbons (Fsp3) is 0.647. The van der Waals surface area contributed by atoms with Crippen molar-refractivity contribution in [2.24, 2.45) is 5.92 Å². The van der Waals surface area contributed by atoms with Crippen molar-refractivity contribution in [2.75, 3.05) is 31.7 Å². The Balaban J connectivity index is 1.68. The minimum absolute atomic E-state index is 0.712. The third kappa shape index (κ3) is 4.12. The number of hydrogen-bond acceptors (Lipinski definition) is 3. The van der Waals surface area contributed by atoms with Crippen molar-refractivity contribution in [3.05, 3.63) is 28.8 Å². The molecule has 1 saturated carbocycles. The summed E-state index contributed by atoms with van der Waals surface area (Å²) in [6.07, 6.45) is 4.94. The van der Waals surface area contributed by atoms with E-state index in [0.29, 0.717) is 5.92 Å². The Labute approximate surface area is 132 Å². The molecule has 0 unspecified atom stereocenters. The van der Waals surface area contributed by atoms with Crippen LogP contribution < -0.4 is 10.2 Å². The van der Waals surface area contributed by atoms with Crippen LogP contribution in [-0.2, 0) is 11.3 Å². The summed E-state index contributed by atoms with van der Waals surface area (Å²) in [6, 6.07) is 6.96. The first kappa shape index (κ1) is 15.1. The molecular formula is C17H25ClN2O. The molecule has 1 aliphatic carbocycles. The molecule has 4 heteroatoms. The summed E-state index contributed by atoms with van der Waals surface area (Å²) in [5.74, 6) is 0.712. The van der Waals surface area contributed by atoms with Gasteiger partial charge in [0.15, 0.2) is 0 Å². The fourth-order valence-electron chi connectivity index (χ4n) is 3.08. The minimum atomic E-state index is 0.712. The van der Waals surface area contributed by atoms with E-state index in [1.165, 1.54) is 24.1 Å². The number of nitrogens with one attached hydrogen (secondary N) is 1. The second-order valence-electron chi connectivity index (χ2n) is 6.34. The number of anilines is 1. The van der Waals surface area contributed by atoms with Crippen molar-refractivity contribution in [3.63, 3.8) is 0 Å². The van der Waals surface area contributed by atoms with Crippen LogP contribution in [0.3, 0.4) is 0 Å². The standard InChI is InChI=1S/C17H25ClN2O/c1-20(12-13-7-9-21-10-8-13)17-14(3-2-4-16(17)18)11-19-15-5-6-15/h2-4,13,15,19H,5-12H2,1H3. The van der Waals surface area contributed by atoms with Crippen LogP contribution >= 0.6 is 11.6 Å². The van der Waals surface area contributed by atoms with Gasteiger partial charge in [-0.25, -0.2) is 0 Å². The smallest absolute Gasteiger partial charge is 0.0642 e.